The van der Waals surface area contributed by atoms with Crippen molar-refractivity contribution >= 4 is 34.3 Å². The fourth-order valence-electron chi connectivity index (χ4n) is 1.69. The van der Waals surface area contributed by atoms with E-state index in [4.69, 9.17) is 0 Å². The van der Waals surface area contributed by atoms with Crippen molar-refractivity contribution in [3.05, 3.63) is 58.0 Å². The van der Waals surface area contributed by atoms with Gasteiger partial charge >= 0.3 is 0 Å². The van der Waals surface area contributed by atoms with Crippen LogP contribution < -0.4 is 0 Å². The first kappa shape index (κ1) is 12.7. The zero-order valence-corrected chi connectivity index (χ0v) is 12.0. The molecular formula is C15H9N3S2. The molecule has 5 heteroatoms. The number of hydrogen-bond acceptors (Lipinski definition) is 5. The van der Waals surface area contributed by atoms with E-state index < -0.39 is 0 Å². The summed E-state index contributed by atoms with van der Waals surface area (Å²) in [6.45, 7) is 0. The summed E-state index contributed by atoms with van der Waals surface area (Å²) in [6, 6.07) is 11.8. The standard InChI is InChI=1S/C15H9N3S2/c16-9-11(8-12-4-1-2-6-17-12)15-18-13(10-20-15)14-5-3-7-19-14/h1-8,10H/b11-8-. The molecule has 0 N–H and O–H groups in total. The zero-order chi connectivity index (χ0) is 13.8. The number of pyridine rings is 1. The van der Waals surface area contributed by atoms with Crippen molar-refractivity contribution in [3.63, 3.8) is 0 Å². The highest BCUT2D eigenvalue weighted by molar-refractivity contribution is 7.14. The molecule has 0 unspecified atom stereocenters. The van der Waals surface area contributed by atoms with Crippen LogP contribution in [0, 0.1) is 11.3 Å². The molecule has 0 radical (unpaired) electrons. The Labute approximate surface area is 124 Å². The molecule has 0 atom stereocenters. The second kappa shape index (κ2) is 5.78. The molecule has 3 nitrogen and oxygen atoms in total. The predicted molar refractivity (Wildman–Crippen MR) is 83.1 cm³/mol. The van der Waals surface area contributed by atoms with Crippen LogP contribution in [0.4, 0.5) is 0 Å². The Bertz CT molecular complexity index is 765. The van der Waals surface area contributed by atoms with Crippen molar-refractivity contribution in [1.29, 1.82) is 5.26 Å². The van der Waals surface area contributed by atoms with Crippen molar-refractivity contribution in [1.82, 2.24) is 9.97 Å². The molecular weight excluding hydrogens is 286 g/mol. The Hall–Kier alpha value is -2.29. The maximum Gasteiger partial charge on any atom is 0.134 e. The fraction of sp³-hybridized carbons (Fsp3) is 0. The Kier molecular flexibility index (Phi) is 3.68. The molecule has 0 aromatic carbocycles. The van der Waals surface area contributed by atoms with Crippen LogP contribution in [0.2, 0.25) is 0 Å². The van der Waals surface area contributed by atoms with E-state index >= 15 is 0 Å². The van der Waals surface area contributed by atoms with E-state index in [2.05, 4.69) is 16.0 Å². The molecule has 3 rings (SSSR count). The largest absolute Gasteiger partial charge is 0.257 e. The summed E-state index contributed by atoms with van der Waals surface area (Å²) in [5, 5.41) is 14.0. The van der Waals surface area contributed by atoms with Gasteiger partial charge in [0.15, 0.2) is 0 Å². The molecule has 96 valence electrons. The molecule has 3 aromatic rings. The van der Waals surface area contributed by atoms with Gasteiger partial charge in [-0.3, -0.25) is 4.98 Å². The lowest BCUT2D eigenvalue weighted by Crippen LogP contribution is -1.83. The average Bonchev–Trinajstić information content (AvgIpc) is 3.16. The van der Waals surface area contributed by atoms with Crippen LogP contribution in [0.15, 0.2) is 47.3 Å². The van der Waals surface area contributed by atoms with Crippen molar-refractivity contribution in [2.75, 3.05) is 0 Å². The van der Waals surface area contributed by atoms with Crippen molar-refractivity contribution < 1.29 is 0 Å². The quantitative estimate of drug-likeness (QED) is 0.676. The number of aromatic nitrogens is 2. The van der Waals surface area contributed by atoms with Gasteiger partial charge in [-0.05, 0) is 29.7 Å². The number of allylic oxidation sites excluding steroid dienone is 1. The van der Waals surface area contributed by atoms with E-state index in [-0.39, 0.29) is 0 Å². The molecule has 0 aliphatic rings. The van der Waals surface area contributed by atoms with Gasteiger partial charge in [0.25, 0.3) is 0 Å². The average molecular weight is 295 g/mol. The van der Waals surface area contributed by atoms with Crippen LogP contribution in [0.3, 0.4) is 0 Å². The van der Waals surface area contributed by atoms with Crippen LogP contribution in [0.25, 0.3) is 22.2 Å². The van der Waals surface area contributed by atoms with Gasteiger partial charge in [-0.2, -0.15) is 5.26 Å². The first-order valence-electron chi connectivity index (χ1n) is 5.89. The van der Waals surface area contributed by atoms with Crippen LogP contribution in [-0.2, 0) is 0 Å². The van der Waals surface area contributed by atoms with Gasteiger partial charge in [0.2, 0.25) is 0 Å². The van der Waals surface area contributed by atoms with E-state index in [1.807, 2.05) is 41.1 Å². The molecule has 0 bridgehead atoms. The second-order valence-corrected chi connectivity index (χ2v) is 5.75. The summed E-state index contributed by atoms with van der Waals surface area (Å²) in [6.07, 6.45) is 3.47. The van der Waals surface area contributed by atoms with Gasteiger partial charge in [-0.1, -0.05) is 12.1 Å². The van der Waals surface area contributed by atoms with Gasteiger partial charge in [0, 0.05) is 11.6 Å². The molecule has 3 aromatic heterocycles. The molecule has 20 heavy (non-hydrogen) atoms. The van der Waals surface area contributed by atoms with Gasteiger partial charge in [-0.25, -0.2) is 4.98 Å². The maximum absolute atomic E-state index is 9.30. The maximum atomic E-state index is 9.30. The Morgan fingerprint density at radius 3 is 2.85 bits per heavy atom. The van der Waals surface area contributed by atoms with Crippen LogP contribution in [-0.4, -0.2) is 9.97 Å². The molecule has 0 aliphatic carbocycles. The lowest BCUT2D eigenvalue weighted by atomic mass is 10.2. The number of rotatable bonds is 3. The van der Waals surface area contributed by atoms with Gasteiger partial charge in [0.1, 0.15) is 11.1 Å². The normalized spacial score (nSPS) is 11.2. The minimum Gasteiger partial charge on any atom is -0.257 e. The molecule has 0 spiro atoms. The third kappa shape index (κ3) is 2.67. The Balaban J connectivity index is 1.95. The summed E-state index contributed by atoms with van der Waals surface area (Å²) >= 11 is 3.12. The smallest absolute Gasteiger partial charge is 0.134 e. The number of thiazole rings is 1. The summed E-state index contributed by atoms with van der Waals surface area (Å²) < 4.78 is 0. The van der Waals surface area contributed by atoms with Gasteiger partial charge in [0.05, 0.1) is 21.8 Å². The summed E-state index contributed by atoms with van der Waals surface area (Å²) in [4.78, 5) is 9.84. The second-order valence-electron chi connectivity index (χ2n) is 3.94. The molecule has 3 heterocycles. The topological polar surface area (TPSA) is 49.6 Å². The molecule has 0 amide bonds. The molecule has 0 saturated heterocycles. The third-order valence-corrected chi connectivity index (χ3v) is 4.38. The zero-order valence-electron chi connectivity index (χ0n) is 10.4. The lowest BCUT2D eigenvalue weighted by molar-refractivity contribution is 1.29. The molecule has 0 saturated carbocycles. The first-order chi connectivity index (χ1) is 9.86. The highest BCUT2D eigenvalue weighted by Crippen LogP contribution is 2.29. The number of nitrogens with zero attached hydrogens (tertiary/aromatic N) is 3. The van der Waals surface area contributed by atoms with E-state index in [0.717, 1.165) is 21.3 Å². The molecule has 0 aliphatic heterocycles. The highest BCUT2D eigenvalue weighted by atomic mass is 32.1. The first-order valence-corrected chi connectivity index (χ1v) is 7.65. The van der Waals surface area contributed by atoms with Crippen LogP contribution in [0.1, 0.15) is 10.7 Å². The summed E-state index contributed by atoms with van der Waals surface area (Å²) in [7, 11) is 0. The highest BCUT2D eigenvalue weighted by Gasteiger charge is 2.09. The lowest BCUT2D eigenvalue weighted by Gasteiger charge is -1.94. The van der Waals surface area contributed by atoms with Gasteiger partial charge in [-0.15, -0.1) is 22.7 Å². The summed E-state index contributed by atoms with van der Waals surface area (Å²) in [5.41, 5.74) is 2.22. The van der Waals surface area contributed by atoms with Crippen LogP contribution in [0.5, 0.6) is 0 Å². The van der Waals surface area contributed by atoms with E-state index in [0.29, 0.717) is 5.57 Å². The Morgan fingerprint density at radius 2 is 2.15 bits per heavy atom. The van der Waals surface area contributed by atoms with Crippen LogP contribution >= 0.6 is 22.7 Å². The van der Waals surface area contributed by atoms with Crippen molar-refractivity contribution in [2.45, 2.75) is 0 Å². The number of hydrogen-bond donors (Lipinski definition) is 0. The minimum absolute atomic E-state index is 0.538. The van der Waals surface area contributed by atoms with E-state index in [1.54, 1.807) is 23.6 Å². The van der Waals surface area contributed by atoms with Crippen molar-refractivity contribution in [3.8, 4) is 16.6 Å². The number of thiophene rings is 1. The predicted octanol–water partition coefficient (Wildman–Crippen LogP) is 4.33. The third-order valence-electron chi connectivity index (χ3n) is 2.61. The minimum atomic E-state index is 0.538. The van der Waals surface area contributed by atoms with E-state index in [9.17, 15) is 5.26 Å². The van der Waals surface area contributed by atoms with Crippen molar-refractivity contribution in [2.24, 2.45) is 0 Å². The fourth-order valence-corrected chi connectivity index (χ4v) is 3.23. The number of nitriles is 1. The summed E-state index contributed by atoms with van der Waals surface area (Å²) in [5.74, 6) is 0. The molecule has 0 fully saturated rings. The monoisotopic (exact) mass is 295 g/mol. The van der Waals surface area contributed by atoms with Gasteiger partial charge < -0.3 is 0 Å². The Morgan fingerprint density at radius 1 is 1.20 bits per heavy atom. The SMILES string of the molecule is N#C/C(=C/c1ccccn1)c1nc(-c2cccs2)cs1. The van der Waals surface area contributed by atoms with E-state index in [1.165, 1.54) is 11.3 Å².